The van der Waals surface area contributed by atoms with Crippen LogP contribution in [-0.4, -0.2) is 26.1 Å². The Balaban J connectivity index is 2.49. The van der Waals surface area contributed by atoms with Crippen LogP contribution in [0, 0.1) is 11.6 Å². The van der Waals surface area contributed by atoms with Crippen LogP contribution in [0.15, 0.2) is 18.2 Å². The molecule has 0 aliphatic heterocycles. The summed E-state index contributed by atoms with van der Waals surface area (Å²) in [6.07, 6.45) is -0.502. The van der Waals surface area contributed by atoms with Crippen LogP contribution in [0.2, 0.25) is 0 Å². The van der Waals surface area contributed by atoms with Gasteiger partial charge in [0.25, 0.3) is 0 Å². The number of hydrogen-bond acceptors (Lipinski definition) is 3. The maximum Gasteiger partial charge on any atom is 0.191 e. The van der Waals surface area contributed by atoms with Gasteiger partial charge in [-0.25, -0.2) is 8.78 Å². The standard InChI is InChI=1S/C12H16F2O3/c1-3-15-12(16-4-2)8-17-9-5-6-10(13)11(14)7-9/h5-7,12H,3-4,8H2,1-2H3. The van der Waals surface area contributed by atoms with Gasteiger partial charge in [0.15, 0.2) is 17.9 Å². The van der Waals surface area contributed by atoms with Crippen molar-refractivity contribution < 1.29 is 23.0 Å². The molecule has 0 N–H and O–H groups in total. The third kappa shape index (κ3) is 4.66. The first kappa shape index (κ1) is 13.9. The molecular formula is C12H16F2O3. The lowest BCUT2D eigenvalue weighted by Crippen LogP contribution is -2.25. The van der Waals surface area contributed by atoms with Crippen LogP contribution in [0.5, 0.6) is 5.75 Å². The average molecular weight is 246 g/mol. The third-order valence-corrected chi connectivity index (χ3v) is 1.98. The molecule has 0 bridgehead atoms. The van der Waals surface area contributed by atoms with Crippen molar-refractivity contribution in [2.24, 2.45) is 0 Å². The fourth-order valence-electron chi connectivity index (χ4n) is 1.25. The largest absolute Gasteiger partial charge is 0.488 e. The second kappa shape index (κ2) is 7.19. The summed E-state index contributed by atoms with van der Waals surface area (Å²) in [4.78, 5) is 0. The molecule has 0 saturated carbocycles. The summed E-state index contributed by atoms with van der Waals surface area (Å²) in [5.41, 5.74) is 0. The summed E-state index contributed by atoms with van der Waals surface area (Å²) in [6.45, 7) is 4.79. The zero-order valence-corrected chi connectivity index (χ0v) is 9.91. The first-order chi connectivity index (χ1) is 8.17. The quantitative estimate of drug-likeness (QED) is 0.692. The van der Waals surface area contributed by atoms with E-state index >= 15 is 0 Å². The predicted molar refractivity (Wildman–Crippen MR) is 58.9 cm³/mol. The summed E-state index contributed by atoms with van der Waals surface area (Å²) < 4.78 is 41.3. The summed E-state index contributed by atoms with van der Waals surface area (Å²) >= 11 is 0. The Morgan fingerprint density at radius 1 is 1.06 bits per heavy atom. The normalized spacial score (nSPS) is 10.9. The lowest BCUT2D eigenvalue weighted by atomic mass is 10.3. The highest BCUT2D eigenvalue weighted by atomic mass is 19.2. The summed E-state index contributed by atoms with van der Waals surface area (Å²) in [5, 5.41) is 0. The van der Waals surface area contributed by atoms with Gasteiger partial charge in [0.2, 0.25) is 0 Å². The van der Waals surface area contributed by atoms with Gasteiger partial charge in [0, 0.05) is 19.3 Å². The highest BCUT2D eigenvalue weighted by Crippen LogP contribution is 2.15. The molecule has 96 valence electrons. The van der Waals surface area contributed by atoms with Gasteiger partial charge in [-0.1, -0.05) is 0 Å². The second-order valence-electron chi connectivity index (χ2n) is 3.23. The van der Waals surface area contributed by atoms with Crippen LogP contribution in [0.4, 0.5) is 8.78 Å². The highest BCUT2D eigenvalue weighted by Gasteiger charge is 2.10. The van der Waals surface area contributed by atoms with Gasteiger partial charge in [0.05, 0.1) is 0 Å². The topological polar surface area (TPSA) is 27.7 Å². The number of hydrogen-bond donors (Lipinski definition) is 0. The van der Waals surface area contributed by atoms with E-state index in [-0.39, 0.29) is 12.4 Å². The molecule has 0 saturated heterocycles. The average Bonchev–Trinajstić information content (AvgIpc) is 2.31. The maximum absolute atomic E-state index is 12.9. The van der Waals surface area contributed by atoms with E-state index in [0.29, 0.717) is 13.2 Å². The molecule has 0 heterocycles. The highest BCUT2D eigenvalue weighted by molar-refractivity contribution is 5.23. The van der Waals surface area contributed by atoms with Crippen molar-refractivity contribution >= 4 is 0 Å². The van der Waals surface area contributed by atoms with E-state index in [1.807, 2.05) is 13.8 Å². The summed E-state index contributed by atoms with van der Waals surface area (Å²) in [6, 6.07) is 3.36. The molecule has 0 aromatic heterocycles. The number of ether oxygens (including phenoxy) is 3. The second-order valence-corrected chi connectivity index (χ2v) is 3.23. The zero-order chi connectivity index (χ0) is 12.7. The van der Waals surface area contributed by atoms with Crippen LogP contribution in [0.25, 0.3) is 0 Å². The lowest BCUT2D eigenvalue weighted by molar-refractivity contribution is -0.152. The Morgan fingerprint density at radius 3 is 2.24 bits per heavy atom. The van der Waals surface area contributed by atoms with Crippen molar-refractivity contribution in [3.05, 3.63) is 29.8 Å². The molecule has 0 atom stereocenters. The van der Waals surface area contributed by atoms with Crippen molar-refractivity contribution in [2.45, 2.75) is 20.1 Å². The SMILES string of the molecule is CCOC(COc1ccc(F)c(F)c1)OCC. The molecule has 0 fully saturated rings. The van der Waals surface area contributed by atoms with Crippen molar-refractivity contribution in [3.8, 4) is 5.75 Å². The number of rotatable bonds is 7. The van der Waals surface area contributed by atoms with E-state index in [1.165, 1.54) is 6.07 Å². The van der Waals surface area contributed by atoms with Crippen LogP contribution in [-0.2, 0) is 9.47 Å². The molecular weight excluding hydrogens is 230 g/mol. The molecule has 0 unspecified atom stereocenters. The van der Waals surface area contributed by atoms with Gasteiger partial charge in [-0.3, -0.25) is 0 Å². The van der Waals surface area contributed by atoms with Gasteiger partial charge < -0.3 is 14.2 Å². The van der Waals surface area contributed by atoms with E-state index < -0.39 is 17.9 Å². The lowest BCUT2D eigenvalue weighted by Gasteiger charge is -2.17. The van der Waals surface area contributed by atoms with Crippen LogP contribution in [0.3, 0.4) is 0 Å². The van der Waals surface area contributed by atoms with Gasteiger partial charge in [-0.2, -0.15) is 0 Å². The summed E-state index contributed by atoms with van der Waals surface area (Å²) in [7, 11) is 0. The minimum atomic E-state index is -0.938. The molecule has 0 spiro atoms. The minimum absolute atomic E-state index is 0.132. The van der Waals surface area contributed by atoms with Crippen LogP contribution in [0.1, 0.15) is 13.8 Å². The first-order valence-corrected chi connectivity index (χ1v) is 5.48. The monoisotopic (exact) mass is 246 g/mol. The van der Waals surface area contributed by atoms with Gasteiger partial charge in [0.1, 0.15) is 12.4 Å². The smallest absolute Gasteiger partial charge is 0.191 e. The summed E-state index contributed by atoms with van der Waals surface area (Å²) in [5.74, 6) is -1.59. The molecule has 3 nitrogen and oxygen atoms in total. The molecule has 0 amide bonds. The molecule has 0 radical (unpaired) electrons. The first-order valence-electron chi connectivity index (χ1n) is 5.48. The van der Waals surface area contributed by atoms with E-state index in [2.05, 4.69) is 0 Å². The molecule has 1 aromatic rings. The van der Waals surface area contributed by atoms with Gasteiger partial charge in [-0.15, -0.1) is 0 Å². The van der Waals surface area contributed by atoms with Gasteiger partial charge >= 0.3 is 0 Å². The van der Waals surface area contributed by atoms with Crippen LogP contribution < -0.4 is 4.74 Å². The van der Waals surface area contributed by atoms with E-state index in [1.54, 1.807) is 0 Å². The Kier molecular flexibility index (Phi) is 5.86. The third-order valence-electron chi connectivity index (χ3n) is 1.98. The molecule has 1 aromatic carbocycles. The predicted octanol–water partition coefficient (Wildman–Crippen LogP) is 2.74. The van der Waals surface area contributed by atoms with Crippen molar-refractivity contribution in [1.82, 2.24) is 0 Å². The van der Waals surface area contributed by atoms with E-state index in [9.17, 15) is 8.78 Å². The van der Waals surface area contributed by atoms with Crippen LogP contribution >= 0.6 is 0 Å². The fourth-order valence-corrected chi connectivity index (χ4v) is 1.25. The molecule has 0 aliphatic rings. The number of benzene rings is 1. The molecule has 17 heavy (non-hydrogen) atoms. The zero-order valence-electron chi connectivity index (χ0n) is 9.91. The Hall–Kier alpha value is -1.20. The minimum Gasteiger partial charge on any atom is -0.488 e. The molecule has 0 aliphatic carbocycles. The van der Waals surface area contributed by atoms with E-state index in [4.69, 9.17) is 14.2 Å². The van der Waals surface area contributed by atoms with Crippen molar-refractivity contribution in [1.29, 1.82) is 0 Å². The Labute approximate surface area is 99.3 Å². The van der Waals surface area contributed by atoms with Crippen molar-refractivity contribution in [2.75, 3.05) is 19.8 Å². The Morgan fingerprint density at radius 2 is 1.71 bits per heavy atom. The molecule has 5 heteroatoms. The van der Waals surface area contributed by atoms with Gasteiger partial charge in [-0.05, 0) is 26.0 Å². The van der Waals surface area contributed by atoms with E-state index in [0.717, 1.165) is 12.1 Å². The maximum atomic E-state index is 12.9. The fraction of sp³-hybridized carbons (Fsp3) is 0.500. The number of halogens is 2. The Bertz CT molecular complexity index is 339. The molecule has 1 rings (SSSR count). The van der Waals surface area contributed by atoms with Crippen molar-refractivity contribution in [3.63, 3.8) is 0 Å².